The second-order valence-corrected chi connectivity index (χ2v) is 6.38. The van der Waals surface area contributed by atoms with Crippen molar-refractivity contribution < 1.29 is 13.0 Å². The molecule has 2 aromatic rings. The molecule has 21 heavy (non-hydrogen) atoms. The van der Waals surface area contributed by atoms with Gasteiger partial charge in [-0.15, -0.1) is 0 Å². The summed E-state index contributed by atoms with van der Waals surface area (Å²) in [5.74, 6) is -0.435. The van der Waals surface area contributed by atoms with Gasteiger partial charge in [0, 0.05) is 34.1 Å². The number of nitrogens with one attached hydrogen (secondary N) is 1. The third-order valence-corrected chi connectivity index (χ3v) is 3.84. The standard InChI is InChI=1S/C16H17F2NOS/c1-11(15-9-13(17)6-7-16(15)18)19-14-5-3-4-12(8-14)10-21(2)20/h3-9,11,19H,10H2,1-2H3/t11-,21-/m1/s1. The first-order chi connectivity index (χ1) is 9.95. The summed E-state index contributed by atoms with van der Waals surface area (Å²) in [5, 5.41) is 3.13. The monoisotopic (exact) mass is 309 g/mol. The molecule has 0 unspecified atom stereocenters. The number of benzene rings is 2. The first-order valence-corrected chi connectivity index (χ1v) is 8.29. The third-order valence-electron chi connectivity index (χ3n) is 3.10. The Labute approximate surface area is 125 Å². The average molecular weight is 309 g/mol. The van der Waals surface area contributed by atoms with Crippen LogP contribution < -0.4 is 5.32 Å². The number of rotatable bonds is 5. The van der Waals surface area contributed by atoms with Crippen molar-refractivity contribution in [1.82, 2.24) is 0 Å². The average Bonchev–Trinajstić information content (AvgIpc) is 2.41. The van der Waals surface area contributed by atoms with E-state index in [0.717, 1.165) is 23.4 Å². The minimum atomic E-state index is -0.918. The Morgan fingerprint density at radius 1 is 1.19 bits per heavy atom. The Morgan fingerprint density at radius 2 is 1.95 bits per heavy atom. The van der Waals surface area contributed by atoms with Gasteiger partial charge in [0.2, 0.25) is 0 Å². The molecule has 0 amide bonds. The minimum Gasteiger partial charge on any atom is -0.378 e. The first kappa shape index (κ1) is 15.6. The summed E-state index contributed by atoms with van der Waals surface area (Å²) in [4.78, 5) is 0. The van der Waals surface area contributed by atoms with Crippen molar-refractivity contribution in [2.24, 2.45) is 0 Å². The lowest BCUT2D eigenvalue weighted by molar-refractivity contribution is 0.577. The molecule has 0 aliphatic heterocycles. The Bertz CT molecular complexity index is 660. The highest BCUT2D eigenvalue weighted by molar-refractivity contribution is 7.83. The molecule has 2 atom stereocenters. The van der Waals surface area contributed by atoms with Crippen LogP contribution in [0.4, 0.5) is 14.5 Å². The van der Waals surface area contributed by atoms with Crippen LogP contribution in [0.1, 0.15) is 24.1 Å². The van der Waals surface area contributed by atoms with E-state index < -0.39 is 22.4 Å². The second-order valence-electron chi connectivity index (χ2n) is 4.95. The minimum absolute atomic E-state index is 0.277. The van der Waals surface area contributed by atoms with Gasteiger partial charge in [-0.25, -0.2) is 8.78 Å². The highest BCUT2D eigenvalue weighted by atomic mass is 32.2. The number of hydrogen-bond acceptors (Lipinski definition) is 2. The van der Waals surface area contributed by atoms with Crippen LogP contribution in [0.25, 0.3) is 0 Å². The molecule has 112 valence electrons. The molecule has 2 aromatic carbocycles. The predicted molar refractivity (Wildman–Crippen MR) is 82.6 cm³/mol. The van der Waals surface area contributed by atoms with E-state index in [0.29, 0.717) is 5.75 Å². The molecule has 0 bridgehead atoms. The Morgan fingerprint density at radius 3 is 2.67 bits per heavy atom. The van der Waals surface area contributed by atoms with Gasteiger partial charge in [0.15, 0.2) is 0 Å². The van der Waals surface area contributed by atoms with Crippen LogP contribution >= 0.6 is 0 Å². The lowest BCUT2D eigenvalue weighted by Gasteiger charge is -2.17. The highest BCUT2D eigenvalue weighted by Gasteiger charge is 2.12. The molecule has 0 aliphatic rings. The fraction of sp³-hybridized carbons (Fsp3) is 0.250. The van der Waals surface area contributed by atoms with Crippen molar-refractivity contribution in [2.45, 2.75) is 18.7 Å². The quantitative estimate of drug-likeness (QED) is 0.904. The van der Waals surface area contributed by atoms with Crippen LogP contribution in [-0.4, -0.2) is 10.5 Å². The number of anilines is 1. The summed E-state index contributed by atoms with van der Waals surface area (Å²) < 4.78 is 38.2. The van der Waals surface area contributed by atoms with Crippen molar-refractivity contribution in [3.8, 4) is 0 Å². The van der Waals surface area contributed by atoms with Gasteiger partial charge in [0.1, 0.15) is 11.6 Å². The van der Waals surface area contributed by atoms with Crippen molar-refractivity contribution in [3.05, 3.63) is 65.2 Å². The van der Waals surface area contributed by atoms with Gasteiger partial charge >= 0.3 is 0 Å². The van der Waals surface area contributed by atoms with E-state index in [4.69, 9.17) is 0 Å². The van der Waals surface area contributed by atoms with Gasteiger partial charge in [-0.05, 0) is 42.8 Å². The maximum Gasteiger partial charge on any atom is 0.128 e. The number of hydrogen-bond donors (Lipinski definition) is 1. The normalized spacial score (nSPS) is 13.7. The molecular weight excluding hydrogens is 292 g/mol. The molecule has 0 heterocycles. The largest absolute Gasteiger partial charge is 0.378 e. The maximum absolute atomic E-state index is 13.7. The van der Waals surface area contributed by atoms with E-state index >= 15 is 0 Å². The molecule has 0 spiro atoms. The van der Waals surface area contributed by atoms with E-state index in [1.165, 1.54) is 6.07 Å². The zero-order valence-corrected chi connectivity index (χ0v) is 12.7. The molecule has 1 N–H and O–H groups in total. The summed E-state index contributed by atoms with van der Waals surface area (Å²) >= 11 is 0. The lowest BCUT2D eigenvalue weighted by Crippen LogP contribution is -2.09. The highest BCUT2D eigenvalue weighted by Crippen LogP contribution is 2.23. The smallest absolute Gasteiger partial charge is 0.128 e. The fourth-order valence-corrected chi connectivity index (χ4v) is 2.81. The van der Waals surface area contributed by atoms with Gasteiger partial charge in [0.05, 0.1) is 6.04 Å². The van der Waals surface area contributed by atoms with Crippen LogP contribution in [0.3, 0.4) is 0 Å². The van der Waals surface area contributed by atoms with Crippen LogP contribution in [0.2, 0.25) is 0 Å². The van der Waals surface area contributed by atoms with Gasteiger partial charge in [0.25, 0.3) is 0 Å². The summed E-state index contributed by atoms with van der Waals surface area (Å²) in [6, 6.07) is 10.5. The van der Waals surface area contributed by atoms with E-state index in [1.54, 1.807) is 13.2 Å². The van der Waals surface area contributed by atoms with Crippen molar-refractivity contribution in [1.29, 1.82) is 0 Å². The molecule has 0 aliphatic carbocycles. The lowest BCUT2D eigenvalue weighted by atomic mass is 10.1. The van der Waals surface area contributed by atoms with Gasteiger partial charge in [-0.2, -0.15) is 0 Å². The Hall–Kier alpha value is -1.75. The van der Waals surface area contributed by atoms with Gasteiger partial charge < -0.3 is 5.32 Å². The Kier molecular flexibility index (Phi) is 5.07. The fourth-order valence-electron chi connectivity index (χ4n) is 2.16. The Balaban J connectivity index is 2.17. The molecule has 0 aromatic heterocycles. The van der Waals surface area contributed by atoms with Gasteiger partial charge in [-0.1, -0.05) is 12.1 Å². The molecule has 0 fully saturated rings. The van der Waals surface area contributed by atoms with Crippen LogP contribution in [0.5, 0.6) is 0 Å². The zero-order valence-electron chi connectivity index (χ0n) is 11.9. The summed E-state index contributed by atoms with van der Waals surface area (Å²) in [5.41, 5.74) is 2.00. The van der Waals surface area contributed by atoms with Crippen molar-refractivity contribution in [2.75, 3.05) is 11.6 Å². The molecular formula is C16H17F2NOS. The topological polar surface area (TPSA) is 29.1 Å². The van der Waals surface area contributed by atoms with Gasteiger partial charge in [-0.3, -0.25) is 4.21 Å². The maximum atomic E-state index is 13.7. The molecule has 0 saturated heterocycles. The van der Waals surface area contributed by atoms with Crippen LogP contribution in [0, 0.1) is 11.6 Å². The summed E-state index contributed by atoms with van der Waals surface area (Å²) in [6.45, 7) is 1.77. The molecule has 0 radical (unpaired) electrons. The predicted octanol–water partition coefficient (Wildman–Crippen LogP) is 4.02. The van der Waals surface area contributed by atoms with Crippen molar-refractivity contribution in [3.63, 3.8) is 0 Å². The molecule has 2 rings (SSSR count). The SMILES string of the molecule is C[C@@H](Nc1cccc(C[S@@](C)=O)c1)c1cc(F)ccc1F. The summed E-state index contributed by atoms with van der Waals surface area (Å²) in [7, 11) is -0.918. The van der Waals surface area contributed by atoms with E-state index in [2.05, 4.69) is 5.32 Å². The molecule has 2 nitrogen and oxygen atoms in total. The summed E-state index contributed by atoms with van der Waals surface area (Å²) in [6.07, 6.45) is 1.64. The zero-order chi connectivity index (χ0) is 15.4. The van der Waals surface area contributed by atoms with E-state index in [1.807, 2.05) is 24.3 Å². The van der Waals surface area contributed by atoms with Crippen molar-refractivity contribution >= 4 is 16.5 Å². The van der Waals surface area contributed by atoms with Crippen LogP contribution in [0.15, 0.2) is 42.5 Å². The van der Waals surface area contributed by atoms with E-state index in [-0.39, 0.29) is 11.6 Å². The first-order valence-electron chi connectivity index (χ1n) is 6.56. The second kappa shape index (κ2) is 6.80. The third kappa shape index (κ3) is 4.36. The number of halogens is 2. The molecule has 0 saturated carbocycles. The van der Waals surface area contributed by atoms with Crippen LogP contribution in [-0.2, 0) is 16.6 Å². The van der Waals surface area contributed by atoms with E-state index in [9.17, 15) is 13.0 Å². The molecule has 5 heteroatoms.